The molecule has 0 radical (unpaired) electrons. The van der Waals surface area contributed by atoms with Gasteiger partial charge in [0.05, 0.1) is 23.9 Å². The largest absolute Gasteiger partial charge is 0.475 e. The van der Waals surface area contributed by atoms with Crippen molar-refractivity contribution in [3.63, 3.8) is 0 Å². The highest BCUT2D eigenvalue weighted by atomic mass is 16.7. The van der Waals surface area contributed by atoms with Gasteiger partial charge in [-0.25, -0.2) is 0 Å². The van der Waals surface area contributed by atoms with Crippen molar-refractivity contribution in [2.24, 2.45) is 11.1 Å². The third kappa shape index (κ3) is 7.70. The molecule has 39 heavy (non-hydrogen) atoms. The van der Waals surface area contributed by atoms with Crippen LogP contribution < -0.4 is 10.6 Å². The second-order valence-corrected chi connectivity index (χ2v) is 12.1. The van der Waals surface area contributed by atoms with Crippen molar-refractivity contribution in [1.82, 2.24) is 20.4 Å². The van der Waals surface area contributed by atoms with Crippen LogP contribution in [-0.4, -0.2) is 62.6 Å². The molecule has 0 aliphatic carbocycles. The Morgan fingerprint density at radius 2 is 1.82 bits per heavy atom. The summed E-state index contributed by atoms with van der Waals surface area (Å²) in [5.74, 6) is -1.50. The van der Waals surface area contributed by atoms with Crippen LogP contribution in [0.1, 0.15) is 89.1 Å². The summed E-state index contributed by atoms with van der Waals surface area (Å²) < 4.78 is 1.71. The lowest BCUT2D eigenvalue weighted by Gasteiger charge is -2.29. The summed E-state index contributed by atoms with van der Waals surface area (Å²) in [4.78, 5) is 32.5. The molecule has 2 amide bonds. The highest BCUT2D eigenvalue weighted by molar-refractivity contribution is 6.43. The van der Waals surface area contributed by atoms with Gasteiger partial charge >= 0.3 is 7.12 Å². The zero-order valence-electron chi connectivity index (χ0n) is 24.1. The van der Waals surface area contributed by atoms with Crippen molar-refractivity contribution in [3.05, 3.63) is 53.3 Å². The highest BCUT2D eigenvalue weighted by Crippen LogP contribution is 2.30. The number of hydrogen-bond acceptors (Lipinski definition) is 7. The number of carbonyl (C=O) groups excluding carboxylic acids is 2. The van der Waals surface area contributed by atoms with Crippen molar-refractivity contribution in [2.75, 3.05) is 6.54 Å². The van der Waals surface area contributed by atoms with Crippen molar-refractivity contribution in [2.45, 2.75) is 90.7 Å². The second-order valence-electron chi connectivity index (χ2n) is 12.1. The molecule has 3 rings (SSSR count). The Balaban J connectivity index is 1.77. The van der Waals surface area contributed by atoms with Crippen molar-refractivity contribution in [1.29, 1.82) is 0 Å². The molecular weight excluding hydrogens is 497 g/mol. The average molecular weight is 539 g/mol. The maximum Gasteiger partial charge on any atom is 0.475 e. The van der Waals surface area contributed by atoms with E-state index in [0.717, 1.165) is 11.3 Å². The van der Waals surface area contributed by atoms with E-state index >= 15 is 0 Å². The molecule has 0 saturated carbocycles. The summed E-state index contributed by atoms with van der Waals surface area (Å²) in [6, 6.07) is 11.2. The van der Waals surface area contributed by atoms with Crippen LogP contribution in [0.2, 0.25) is 0 Å². The van der Waals surface area contributed by atoms with Crippen molar-refractivity contribution >= 4 is 24.6 Å². The number of hydrogen-bond donors (Lipinski definition) is 4. The predicted molar refractivity (Wildman–Crippen MR) is 151 cm³/mol. The van der Waals surface area contributed by atoms with E-state index in [4.69, 9.17) is 4.84 Å². The Morgan fingerprint density at radius 1 is 1.15 bits per heavy atom. The third-order valence-electron chi connectivity index (χ3n) is 6.67. The lowest BCUT2D eigenvalue weighted by Crippen LogP contribution is -2.56. The SMILES string of the molecule is CC(C)CC(NC(=O)C1(Cc2ccccc2)CC(CNC(=O)c2cc(C(C)(C)C)nn2C(C)C)=NO1)B(O)O. The zero-order chi connectivity index (χ0) is 29.0. The van der Waals surface area contributed by atoms with Crippen LogP contribution in [-0.2, 0) is 21.5 Å². The molecule has 2 heterocycles. The molecule has 1 aromatic carbocycles. The smallest absolute Gasteiger partial charge is 0.426 e. The number of nitrogens with one attached hydrogen (secondary N) is 2. The van der Waals surface area contributed by atoms with Gasteiger partial charge in [0.1, 0.15) is 5.69 Å². The molecule has 2 aromatic rings. The minimum atomic E-state index is -1.71. The Kier molecular flexibility index (Phi) is 9.61. The van der Waals surface area contributed by atoms with Crippen LogP contribution in [0.25, 0.3) is 0 Å². The molecule has 11 heteroatoms. The van der Waals surface area contributed by atoms with Crippen LogP contribution in [0, 0.1) is 5.92 Å². The number of rotatable bonds is 11. The summed E-state index contributed by atoms with van der Waals surface area (Å²) in [6.07, 6.45) is 0.751. The Bertz CT molecular complexity index is 1170. The molecule has 10 nitrogen and oxygen atoms in total. The highest BCUT2D eigenvalue weighted by Gasteiger charge is 2.48. The molecule has 0 saturated heterocycles. The first-order valence-electron chi connectivity index (χ1n) is 13.5. The van der Waals surface area contributed by atoms with E-state index in [2.05, 4.69) is 20.9 Å². The third-order valence-corrected chi connectivity index (χ3v) is 6.67. The van der Waals surface area contributed by atoms with E-state index < -0.39 is 24.6 Å². The fraction of sp³-hybridized carbons (Fsp3) is 0.571. The number of benzene rings is 1. The molecule has 0 bridgehead atoms. The minimum absolute atomic E-state index is 0.00289. The van der Waals surface area contributed by atoms with Gasteiger partial charge in [0.25, 0.3) is 11.8 Å². The van der Waals surface area contributed by atoms with Gasteiger partial charge in [-0.15, -0.1) is 0 Å². The van der Waals surface area contributed by atoms with Gasteiger partial charge in [0, 0.05) is 24.3 Å². The lowest BCUT2D eigenvalue weighted by atomic mass is 9.74. The fourth-order valence-corrected chi connectivity index (χ4v) is 4.52. The molecule has 1 aliphatic rings. The average Bonchev–Trinajstić information content (AvgIpc) is 3.48. The molecular formula is C28H42BN5O5. The summed E-state index contributed by atoms with van der Waals surface area (Å²) in [6.45, 7) is 14.0. The van der Waals surface area contributed by atoms with E-state index in [1.807, 2.05) is 84.9 Å². The normalized spacial score (nSPS) is 18.1. The van der Waals surface area contributed by atoms with E-state index in [1.54, 1.807) is 4.68 Å². The maximum absolute atomic E-state index is 13.6. The van der Waals surface area contributed by atoms with Crippen LogP contribution in [0.4, 0.5) is 0 Å². The van der Waals surface area contributed by atoms with Gasteiger partial charge in [-0.3, -0.25) is 14.3 Å². The summed E-state index contributed by atoms with van der Waals surface area (Å²) >= 11 is 0. The molecule has 2 unspecified atom stereocenters. The number of oxime groups is 1. The van der Waals surface area contributed by atoms with E-state index in [1.165, 1.54) is 0 Å². The van der Waals surface area contributed by atoms with E-state index in [-0.39, 0.29) is 42.7 Å². The molecule has 1 aliphatic heterocycles. The van der Waals surface area contributed by atoms with Gasteiger partial charge in [-0.05, 0) is 37.8 Å². The first-order chi connectivity index (χ1) is 18.2. The Labute approximate surface area is 231 Å². The first kappa shape index (κ1) is 30.4. The standard InChI is InChI=1S/C28H42BN5O5/c1-18(2)13-24(29(37)38)31-26(36)28(15-20-11-9-8-10-12-20)16-21(33-39-28)17-30-25(35)22-14-23(27(5,6)7)32-34(22)19(3)4/h8-12,14,18-19,24,37-38H,13,15-17H2,1-7H3,(H,30,35)(H,31,36). The zero-order valence-corrected chi connectivity index (χ0v) is 24.1. The topological polar surface area (TPSA) is 138 Å². The lowest BCUT2D eigenvalue weighted by molar-refractivity contribution is -0.144. The molecule has 0 fully saturated rings. The van der Waals surface area contributed by atoms with Crippen LogP contribution in [0.5, 0.6) is 0 Å². The summed E-state index contributed by atoms with van der Waals surface area (Å²) in [7, 11) is -1.71. The van der Waals surface area contributed by atoms with Gasteiger partial charge in [0.15, 0.2) is 0 Å². The number of nitrogens with zero attached hydrogens (tertiary/aromatic N) is 3. The fourth-order valence-electron chi connectivity index (χ4n) is 4.52. The molecule has 2 atom stereocenters. The van der Waals surface area contributed by atoms with Crippen LogP contribution >= 0.6 is 0 Å². The summed E-state index contributed by atoms with van der Waals surface area (Å²) in [5, 5.41) is 34.2. The number of carbonyl (C=O) groups is 2. The van der Waals surface area contributed by atoms with Crippen LogP contribution in [0.3, 0.4) is 0 Å². The van der Waals surface area contributed by atoms with E-state index in [9.17, 15) is 19.6 Å². The van der Waals surface area contributed by atoms with Crippen LogP contribution in [0.15, 0.2) is 41.6 Å². The maximum atomic E-state index is 13.6. The second kappa shape index (κ2) is 12.3. The Morgan fingerprint density at radius 3 is 2.38 bits per heavy atom. The predicted octanol–water partition coefficient (Wildman–Crippen LogP) is 2.79. The quantitative estimate of drug-likeness (QED) is 0.324. The molecule has 212 valence electrons. The van der Waals surface area contributed by atoms with Gasteiger partial charge in [0.2, 0.25) is 5.60 Å². The van der Waals surface area contributed by atoms with Crippen molar-refractivity contribution in [3.8, 4) is 0 Å². The van der Waals surface area contributed by atoms with Gasteiger partial charge < -0.3 is 25.5 Å². The van der Waals surface area contributed by atoms with E-state index in [0.29, 0.717) is 17.8 Å². The monoisotopic (exact) mass is 539 g/mol. The Hall–Kier alpha value is -3.18. The van der Waals surface area contributed by atoms with Crippen molar-refractivity contribution < 1.29 is 24.5 Å². The molecule has 1 aromatic heterocycles. The molecule has 4 N–H and O–H groups in total. The number of aromatic nitrogens is 2. The van der Waals surface area contributed by atoms with Gasteiger partial charge in [-0.1, -0.05) is 70.1 Å². The minimum Gasteiger partial charge on any atom is -0.426 e. The van der Waals surface area contributed by atoms with Gasteiger partial charge in [-0.2, -0.15) is 5.10 Å². The molecule has 0 spiro atoms. The number of amides is 2. The summed E-state index contributed by atoms with van der Waals surface area (Å²) in [5.41, 5.74) is 1.06. The first-order valence-corrected chi connectivity index (χ1v) is 13.5.